The molecule has 2 aromatic heterocycles. The van der Waals surface area contributed by atoms with E-state index in [-0.39, 0.29) is 24.2 Å². The van der Waals surface area contributed by atoms with Crippen LogP contribution in [0.2, 0.25) is 0 Å². The summed E-state index contributed by atoms with van der Waals surface area (Å²) in [7, 11) is 1.57. The van der Waals surface area contributed by atoms with Crippen LogP contribution in [0.5, 0.6) is 0 Å². The fraction of sp³-hybridized carbons (Fsp3) is 0.640. The van der Waals surface area contributed by atoms with Gasteiger partial charge in [0.05, 0.1) is 6.42 Å². The van der Waals surface area contributed by atoms with E-state index >= 15 is 0 Å². The second kappa shape index (κ2) is 11.4. The molecule has 2 heterocycles. The molecule has 3 rings (SSSR count). The maximum Gasteiger partial charge on any atom is 0.307 e. The fourth-order valence-electron chi connectivity index (χ4n) is 4.37. The molecule has 0 bridgehead atoms. The molecule has 1 atom stereocenters. The topological polar surface area (TPSA) is 107 Å². The lowest BCUT2D eigenvalue weighted by Gasteiger charge is -2.23. The second-order valence-corrected chi connectivity index (χ2v) is 9.89. The van der Waals surface area contributed by atoms with Crippen molar-refractivity contribution >= 4 is 11.9 Å². The van der Waals surface area contributed by atoms with E-state index in [1.165, 1.54) is 38.3 Å². The molecule has 33 heavy (non-hydrogen) atoms. The Morgan fingerprint density at radius 1 is 1.24 bits per heavy atom. The van der Waals surface area contributed by atoms with Crippen molar-refractivity contribution in [1.29, 1.82) is 0 Å². The average molecular weight is 457 g/mol. The highest BCUT2D eigenvalue weighted by molar-refractivity contribution is 5.94. The number of amides is 1. The van der Waals surface area contributed by atoms with Crippen molar-refractivity contribution in [1.82, 2.24) is 20.4 Å². The molecule has 8 heteroatoms. The van der Waals surface area contributed by atoms with E-state index in [0.29, 0.717) is 23.0 Å². The van der Waals surface area contributed by atoms with Gasteiger partial charge in [0.15, 0.2) is 0 Å². The van der Waals surface area contributed by atoms with Crippen LogP contribution in [0.1, 0.15) is 101 Å². The number of ether oxygens (including phenoxy) is 1. The van der Waals surface area contributed by atoms with Crippen molar-refractivity contribution in [3.05, 3.63) is 29.8 Å². The first-order valence-electron chi connectivity index (χ1n) is 12.0. The first kappa shape index (κ1) is 24.9. The molecule has 0 aromatic carbocycles. The second-order valence-electron chi connectivity index (χ2n) is 9.89. The Kier molecular flexibility index (Phi) is 8.58. The molecule has 2 aromatic rings. The maximum atomic E-state index is 12.6. The van der Waals surface area contributed by atoms with Crippen LogP contribution in [0.15, 0.2) is 22.9 Å². The number of aromatic nitrogens is 3. The van der Waals surface area contributed by atoms with Gasteiger partial charge in [-0.05, 0) is 45.2 Å². The van der Waals surface area contributed by atoms with E-state index in [1.807, 2.05) is 20.8 Å². The van der Waals surface area contributed by atoms with Crippen LogP contribution in [-0.2, 0) is 9.53 Å². The van der Waals surface area contributed by atoms with E-state index in [0.717, 1.165) is 25.2 Å². The van der Waals surface area contributed by atoms with E-state index in [2.05, 4.69) is 20.4 Å². The number of hydrogen-bond donors (Lipinski definition) is 1. The Balaban J connectivity index is 1.73. The molecule has 0 saturated heterocycles. The van der Waals surface area contributed by atoms with Crippen LogP contribution in [0.4, 0.5) is 0 Å². The van der Waals surface area contributed by atoms with Gasteiger partial charge in [-0.1, -0.05) is 50.1 Å². The first-order chi connectivity index (χ1) is 15.7. The molecular formula is C25H36N4O4. The lowest BCUT2D eigenvalue weighted by Crippen LogP contribution is -2.25. The number of rotatable bonds is 9. The molecular weight excluding hydrogens is 420 g/mol. The largest absolute Gasteiger partial charge is 0.460 e. The van der Waals surface area contributed by atoms with Gasteiger partial charge in [-0.15, -0.1) is 0 Å². The normalized spacial score (nSPS) is 15.8. The summed E-state index contributed by atoms with van der Waals surface area (Å²) in [5, 5.41) is 6.67. The average Bonchev–Trinajstić information content (AvgIpc) is 3.28. The van der Waals surface area contributed by atoms with Crippen molar-refractivity contribution in [3.8, 4) is 11.5 Å². The number of esters is 1. The summed E-state index contributed by atoms with van der Waals surface area (Å²) in [6.45, 7) is 5.58. The van der Waals surface area contributed by atoms with Gasteiger partial charge in [-0.25, -0.2) is 0 Å². The third kappa shape index (κ3) is 7.65. The fourth-order valence-corrected chi connectivity index (χ4v) is 4.37. The summed E-state index contributed by atoms with van der Waals surface area (Å²) < 4.78 is 11.1. The van der Waals surface area contributed by atoms with Gasteiger partial charge in [-0.3, -0.25) is 14.6 Å². The predicted molar refractivity (Wildman–Crippen MR) is 125 cm³/mol. The van der Waals surface area contributed by atoms with Crippen LogP contribution in [0.3, 0.4) is 0 Å². The van der Waals surface area contributed by atoms with Gasteiger partial charge in [0.1, 0.15) is 11.3 Å². The number of nitrogens with zero attached hydrogens (tertiary/aromatic N) is 3. The van der Waals surface area contributed by atoms with E-state index in [4.69, 9.17) is 9.26 Å². The van der Waals surface area contributed by atoms with Crippen molar-refractivity contribution in [2.45, 2.75) is 90.1 Å². The molecule has 1 N–H and O–H groups in total. The number of nitrogens with one attached hydrogen (secondary N) is 1. The Bertz CT molecular complexity index is 928. The summed E-state index contributed by atoms with van der Waals surface area (Å²) in [5.74, 6) is 0.782. The minimum Gasteiger partial charge on any atom is -0.460 e. The van der Waals surface area contributed by atoms with Crippen molar-refractivity contribution in [2.75, 3.05) is 7.05 Å². The monoisotopic (exact) mass is 456 g/mol. The maximum absolute atomic E-state index is 12.6. The lowest BCUT2D eigenvalue weighted by atomic mass is 9.84. The number of carbonyl (C=O) groups excluding carboxylic acids is 2. The Labute approximate surface area is 195 Å². The van der Waals surface area contributed by atoms with Gasteiger partial charge in [0.25, 0.3) is 5.91 Å². The highest BCUT2D eigenvalue weighted by atomic mass is 16.6. The predicted octanol–water partition coefficient (Wildman–Crippen LogP) is 5.06. The van der Waals surface area contributed by atoms with Crippen molar-refractivity contribution in [2.24, 2.45) is 5.92 Å². The van der Waals surface area contributed by atoms with Gasteiger partial charge in [-0.2, -0.15) is 4.98 Å². The zero-order chi connectivity index (χ0) is 23.8. The zero-order valence-corrected chi connectivity index (χ0v) is 20.2. The minimum atomic E-state index is -0.548. The number of hydrogen-bond acceptors (Lipinski definition) is 7. The van der Waals surface area contributed by atoms with Crippen LogP contribution < -0.4 is 5.32 Å². The van der Waals surface area contributed by atoms with Crippen LogP contribution >= 0.6 is 0 Å². The van der Waals surface area contributed by atoms with Crippen LogP contribution in [0, 0.1) is 5.92 Å². The summed E-state index contributed by atoms with van der Waals surface area (Å²) in [6.07, 6.45) is 11.3. The lowest BCUT2D eigenvalue weighted by molar-refractivity contribution is -0.155. The quantitative estimate of drug-likeness (QED) is 0.526. The molecule has 8 nitrogen and oxygen atoms in total. The van der Waals surface area contributed by atoms with Gasteiger partial charge in [0.2, 0.25) is 11.7 Å². The highest BCUT2D eigenvalue weighted by Gasteiger charge is 2.27. The minimum absolute atomic E-state index is 0.190. The zero-order valence-electron chi connectivity index (χ0n) is 20.2. The molecule has 0 unspecified atom stereocenters. The Hall–Kier alpha value is -2.77. The van der Waals surface area contributed by atoms with Crippen molar-refractivity contribution in [3.63, 3.8) is 0 Å². The molecule has 1 saturated carbocycles. The molecule has 1 aliphatic carbocycles. The molecule has 180 valence electrons. The highest BCUT2D eigenvalue weighted by Crippen LogP contribution is 2.32. The van der Waals surface area contributed by atoms with Gasteiger partial charge < -0.3 is 14.6 Å². The third-order valence-corrected chi connectivity index (χ3v) is 5.99. The summed E-state index contributed by atoms with van der Waals surface area (Å²) in [5.41, 5.74) is 0.365. The van der Waals surface area contributed by atoms with Gasteiger partial charge >= 0.3 is 5.97 Å². The molecule has 1 fully saturated rings. The van der Waals surface area contributed by atoms with Gasteiger partial charge in [0, 0.05) is 24.7 Å². The number of carbonyl (C=O) groups is 2. The SMILES string of the molecule is CNC(=O)c1ccnc(-c2noc([C@@H](CCCC3CCCCC3)CC(=O)OC(C)(C)C)n2)c1. The molecule has 1 aliphatic rings. The Morgan fingerprint density at radius 2 is 2.00 bits per heavy atom. The summed E-state index contributed by atoms with van der Waals surface area (Å²) in [6, 6.07) is 3.25. The van der Waals surface area contributed by atoms with E-state index < -0.39 is 5.60 Å². The number of pyridine rings is 1. The van der Waals surface area contributed by atoms with E-state index in [1.54, 1.807) is 19.2 Å². The van der Waals surface area contributed by atoms with E-state index in [9.17, 15) is 9.59 Å². The molecule has 0 radical (unpaired) electrons. The van der Waals surface area contributed by atoms with Crippen LogP contribution in [-0.4, -0.2) is 39.6 Å². The molecule has 1 amide bonds. The first-order valence-corrected chi connectivity index (χ1v) is 12.0. The third-order valence-electron chi connectivity index (χ3n) is 5.99. The van der Waals surface area contributed by atoms with Crippen molar-refractivity contribution < 1.29 is 18.8 Å². The molecule has 0 aliphatic heterocycles. The standard InChI is InChI=1S/C25H36N4O4/c1-25(2,3)32-21(30)16-19(12-8-11-17-9-6-5-7-10-17)24-28-22(29-33-24)20-15-18(13-14-27-20)23(31)26-4/h13-15,17,19H,5-12,16H2,1-4H3,(H,26,31)/t19-/m0/s1. The smallest absolute Gasteiger partial charge is 0.307 e. The summed E-state index contributed by atoms with van der Waals surface area (Å²) in [4.78, 5) is 33.3. The molecule has 0 spiro atoms. The summed E-state index contributed by atoms with van der Waals surface area (Å²) >= 11 is 0. The van der Waals surface area contributed by atoms with Crippen LogP contribution in [0.25, 0.3) is 11.5 Å². The Morgan fingerprint density at radius 3 is 2.70 bits per heavy atom.